The Kier molecular flexibility index (Phi) is 6.58. The number of carbonyl (C=O) groups excluding carboxylic acids is 1. The van der Waals surface area contributed by atoms with Crippen molar-refractivity contribution in [2.45, 2.75) is 19.4 Å². The Hall–Kier alpha value is -1.90. The normalized spacial score (nSPS) is 11.6. The van der Waals surface area contributed by atoms with Crippen molar-refractivity contribution >= 4 is 11.6 Å². The number of methoxy groups -OCH3 is 1. The molecule has 0 saturated heterocycles. The largest absolute Gasteiger partial charge is 0.385 e. The highest BCUT2D eigenvalue weighted by Gasteiger charge is 2.13. The Morgan fingerprint density at radius 3 is 2.63 bits per heavy atom. The fraction of sp³-hybridized carbons (Fsp3) is 0.429. The number of nitrogens with one attached hydrogen (secondary N) is 1. The molecule has 0 radical (unpaired) electrons. The molecule has 1 N–H and O–H groups in total. The quantitative estimate of drug-likeness (QED) is 0.762. The molecule has 1 amide bonds. The van der Waals surface area contributed by atoms with Crippen molar-refractivity contribution in [2.24, 2.45) is 0 Å². The zero-order valence-corrected chi connectivity index (χ0v) is 11.2. The Bertz CT molecular complexity index is 437. The van der Waals surface area contributed by atoms with Crippen LogP contribution in [0, 0.1) is 11.3 Å². The molecule has 5 heteroatoms. The summed E-state index contributed by atoms with van der Waals surface area (Å²) < 4.78 is 10.3. The van der Waals surface area contributed by atoms with Gasteiger partial charge in [0.15, 0.2) is 0 Å². The number of anilines is 1. The SMILES string of the molecule is COCCCOC(C)C(=O)Nc1ccc(C#N)cc1. The van der Waals surface area contributed by atoms with E-state index in [2.05, 4.69) is 5.32 Å². The van der Waals surface area contributed by atoms with Gasteiger partial charge in [-0.25, -0.2) is 0 Å². The predicted octanol–water partition coefficient (Wildman–Crippen LogP) is 1.94. The molecule has 1 atom stereocenters. The van der Waals surface area contributed by atoms with E-state index in [1.165, 1.54) is 0 Å². The van der Waals surface area contributed by atoms with Crippen LogP contribution in [0.2, 0.25) is 0 Å². The van der Waals surface area contributed by atoms with Crippen molar-refractivity contribution in [2.75, 3.05) is 25.6 Å². The van der Waals surface area contributed by atoms with Crippen LogP contribution in [0.15, 0.2) is 24.3 Å². The standard InChI is InChI=1S/C14H18N2O3/c1-11(19-9-3-8-18-2)14(17)16-13-6-4-12(10-15)5-7-13/h4-7,11H,3,8-9H2,1-2H3,(H,16,17). The molecule has 0 heterocycles. The van der Waals surface area contributed by atoms with Gasteiger partial charge in [-0.3, -0.25) is 4.79 Å². The van der Waals surface area contributed by atoms with Crippen molar-refractivity contribution < 1.29 is 14.3 Å². The molecular weight excluding hydrogens is 244 g/mol. The van der Waals surface area contributed by atoms with Crippen molar-refractivity contribution in [1.82, 2.24) is 0 Å². The van der Waals surface area contributed by atoms with Gasteiger partial charge in [0.25, 0.3) is 5.91 Å². The summed E-state index contributed by atoms with van der Waals surface area (Å²) in [5, 5.41) is 11.4. The molecule has 0 aromatic heterocycles. The summed E-state index contributed by atoms with van der Waals surface area (Å²) in [5.41, 5.74) is 1.21. The monoisotopic (exact) mass is 262 g/mol. The zero-order chi connectivity index (χ0) is 14.1. The number of benzene rings is 1. The number of carbonyl (C=O) groups is 1. The number of nitriles is 1. The number of rotatable bonds is 7. The van der Waals surface area contributed by atoms with Gasteiger partial charge in [0, 0.05) is 26.0 Å². The minimum Gasteiger partial charge on any atom is -0.385 e. The maximum Gasteiger partial charge on any atom is 0.253 e. The third-order valence-corrected chi connectivity index (χ3v) is 2.51. The summed E-state index contributed by atoms with van der Waals surface area (Å²) in [6.45, 7) is 2.80. The van der Waals surface area contributed by atoms with Crippen LogP contribution in [0.1, 0.15) is 18.9 Å². The second-order valence-electron chi connectivity index (χ2n) is 4.04. The lowest BCUT2D eigenvalue weighted by Gasteiger charge is -2.13. The van der Waals surface area contributed by atoms with Gasteiger partial charge in [0.05, 0.1) is 11.6 Å². The second kappa shape index (κ2) is 8.25. The summed E-state index contributed by atoms with van der Waals surface area (Å²) in [6.07, 6.45) is 0.234. The van der Waals surface area contributed by atoms with E-state index in [1.54, 1.807) is 38.3 Å². The van der Waals surface area contributed by atoms with Gasteiger partial charge in [0.1, 0.15) is 6.10 Å². The van der Waals surface area contributed by atoms with Crippen molar-refractivity contribution in [1.29, 1.82) is 5.26 Å². The highest BCUT2D eigenvalue weighted by Crippen LogP contribution is 2.09. The molecule has 0 saturated carbocycles. The Labute approximate surface area is 113 Å². The first kappa shape index (κ1) is 15.2. The van der Waals surface area contributed by atoms with Gasteiger partial charge in [0.2, 0.25) is 0 Å². The van der Waals surface area contributed by atoms with Gasteiger partial charge in [-0.15, -0.1) is 0 Å². The van der Waals surface area contributed by atoms with Crippen molar-refractivity contribution in [3.05, 3.63) is 29.8 Å². The van der Waals surface area contributed by atoms with Crippen LogP contribution >= 0.6 is 0 Å². The van der Waals surface area contributed by atoms with Gasteiger partial charge in [-0.05, 0) is 37.6 Å². The maximum atomic E-state index is 11.8. The summed E-state index contributed by atoms with van der Waals surface area (Å²) in [5.74, 6) is -0.206. The molecule has 0 spiro atoms. The van der Waals surface area contributed by atoms with E-state index < -0.39 is 6.10 Å². The minimum atomic E-state index is -0.521. The molecule has 0 fully saturated rings. The van der Waals surface area contributed by atoms with Crippen LogP contribution in [0.3, 0.4) is 0 Å². The topological polar surface area (TPSA) is 71.3 Å². The number of amides is 1. The van der Waals surface area contributed by atoms with E-state index in [-0.39, 0.29) is 5.91 Å². The third kappa shape index (κ3) is 5.51. The highest BCUT2D eigenvalue weighted by atomic mass is 16.5. The molecular formula is C14H18N2O3. The lowest BCUT2D eigenvalue weighted by Crippen LogP contribution is -2.28. The molecule has 1 aromatic rings. The molecule has 0 aliphatic rings. The average Bonchev–Trinajstić information content (AvgIpc) is 2.44. The molecule has 102 valence electrons. The van der Waals surface area contributed by atoms with E-state index >= 15 is 0 Å². The number of hydrogen-bond donors (Lipinski definition) is 1. The van der Waals surface area contributed by atoms with Gasteiger partial charge >= 0.3 is 0 Å². The van der Waals surface area contributed by atoms with Gasteiger partial charge in [-0.2, -0.15) is 5.26 Å². The van der Waals surface area contributed by atoms with E-state index in [0.717, 1.165) is 6.42 Å². The zero-order valence-electron chi connectivity index (χ0n) is 11.2. The van der Waals surface area contributed by atoms with Gasteiger partial charge in [-0.1, -0.05) is 0 Å². The summed E-state index contributed by atoms with van der Waals surface area (Å²) in [4.78, 5) is 11.8. The first-order valence-corrected chi connectivity index (χ1v) is 6.09. The Morgan fingerprint density at radius 1 is 1.37 bits per heavy atom. The second-order valence-corrected chi connectivity index (χ2v) is 4.04. The molecule has 1 unspecified atom stereocenters. The minimum absolute atomic E-state index is 0.206. The van der Waals surface area contributed by atoms with Crippen molar-refractivity contribution in [3.63, 3.8) is 0 Å². The summed E-state index contributed by atoms with van der Waals surface area (Å²) >= 11 is 0. The smallest absolute Gasteiger partial charge is 0.253 e. The highest BCUT2D eigenvalue weighted by molar-refractivity contribution is 5.93. The first-order valence-electron chi connectivity index (χ1n) is 6.09. The van der Waals surface area contributed by atoms with E-state index in [9.17, 15) is 4.79 Å². The Morgan fingerprint density at radius 2 is 2.05 bits per heavy atom. The van der Waals surface area contributed by atoms with E-state index in [1.807, 2.05) is 6.07 Å². The van der Waals surface area contributed by atoms with Crippen molar-refractivity contribution in [3.8, 4) is 6.07 Å². The molecule has 1 aromatic carbocycles. The van der Waals surface area contributed by atoms with Crippen LogP contribution < -0.4 is 5.32 Å². The number of ether oxygens (including phenoxy) is 2. The number of nitrogens with zero attached hydrogens (tertiary/aromatic N) is 1. The molecule has 0 aliphatic heterocycles. The molecule has 0 bridgehead atoms. The fourth-order valence-electron chi connectivity index (χ4n) is 1.41. The van der Waals surface area contributed by atoms with E-state index in [4.69, 9.17) is 14.7 Å². The van der Waals surface area contributed by atoms with Gasteiger partial charge < -0.3 is 14.8 Å². The average molecular weight is 262 g/mol. The lowest BCUT2D eigenvalue weighted by atomic mass is 10.2. The molecule has 5 nitrogen and oxygen atoms in total. The fourth-order valence-corrected chi connectivity index (χ4v) is 1.41. The molecule has 1 rings (SSSR count). The van der Waals surface area contributed by atoms with Crippen LogP contribution in [0.25, 0.3) is 0 Å². The lowest BCUT2D eigenvalue weighted by molar-refractivity contribution is -0.126. The summed E-state index contributed by atoms with van der Waals surface area (Å²) in [6, 6.07) is 8.70. The summed E-state index contributed by atoms with van der Waals surface area (Å²) in [7, 11) is 1.63. The van der Waals surface area contributed by atoms with Crippen LogP contribution in [-0.2, 0) is 14.3 Å². The van der Waals surface area contributed by atoms with Crippen LogP contribution in [0.5, 0.6) is 0 Å². The third-order valence-electron chi connectivity index (χ3n) is 2.51. The van der Waals surface area contributed by atoms with Crippen LogP contribution in [0.4, 0.5) is 5.69 Å². The molecule has 19 heavy (non-hydrogen) atoms. The first-order chi connectivity index (χ1) is 9.17. The molecule has 0 aliphatic carbocycles. The Balaban J connectivity index is 2.38. The number of hydrogen-bond acceptors (Lipinski definition) is 4. The van der Waals surface area contributed by atoms with Crippen LogP contribution in [-0.4, -0.2) is 32.3 Å². The van der Waals surface area contributed by atoms with E-state index in [0.29, 0.717) is 24.5 Å². The maximum absolute atomic E-state index is 11.8. The predicted molar refractivity (Wildman–Crippen MR) is 71.7 cm³/mol.